The molecule has 0 bridgehead atoms. The van der Waals surface area contributed by atoms with E-state index in [0.29, 0.717) is 18.1 Å². The maximum atomic E-state index is 5.90. The maximum Gasteiger partial charge on any atom is 0.231 e. The summed E-state index contributed by atoms with van der Waals surface area (Å²) in [5.41, 5.74) is 6.37. The number of nitrogens with zero attached hydrogens (tertiary/aromatic N) is 2. The van der Waals surface area contributed by atoms with Crippen LogP contribution < -0.4 is 10.5 Å². The predicted octanol–water partition coefficient (Wildman–Crippen LogP) is 1.86. The van der Waals surface area contributed by atoms with Gasteiger partial charge < -0.3 is 15.0 Å². The van der Waals surface area contributed by atoms with Crippen LogP contribution >= 0.6 is 0 Å². The maximum absolute atomic E-state index is 5.90. The van der Waals surface area contributed by atoms with E-state index in [0.717, 1.165) is 11.3 Å². The Bertz CT molecular complexity index is 529. The molecule has 5 nitrogen and oxygen atoms in total. The van der Waals surface area contributed by atoms with E-state index in [9.17, 15) is 0 Å². The molecule has 0 aliphatic carbocycles. The quantitative estimate of drug-likeness (QED) is 0.892. The van der Waals surface area contributed by atoms with E-state index in [1.807, 2.05) is 38.1 Å². The Labute approximate surface area is 106 Å². The van der Waals surface area contributed by atoms with Crippen LogP contribution in [-0.2, 0) is 12.0 Å². The minimum absolute atomic E-state index is 0.514. The third-order valence-corrected chi connectivity index (χ3v) is 2.53. The van der Waals surface area contributed by atoms with Crippen LogP contribution in [0.5, 0.6) is 5.75 Å². The van der Waals surface area contributed by atoms with Crippen molar-refractivity contribution in [1.29, 1.82) is 0 Å². The van der Waals surface area contributed by atoms with Crippen molar-refractivity contribution in [3.63, 3.8) is 0 Å². The number of rotatable bonds is 4. The first-order chi connectivity index (χ1) is 8.49. The molecule has 0 unspecified atom stereocenters. The van der Waals surface area contributed by atoms with E-state index >= 15 is 0 Å². The Morgan fingerprint density at radius 1 is 1.39 bits per heavy atom. The molecule has 0 spiro atoms. The second-order valence-corrected chi connectivity index (χ2v) is 4.76. The number of methoxy groups -OCH3 is 1. The summed E-state index contributed by atoms with van der Waals surface area (Å²) in [4.78, 5) is 4.29. The molecule has 0 amide bonds. The molecule has 0 radical (unpaired) electrons. The molecular weight excluding hydrogens is 230 g/mol. The summed E-state index contributed by atoms with van der Waals surface area (Å²) < 4.78 is 10.4. The molecule has 0 aliphatic heterocycles. The van der Waals surface area contributed by atoms with Gasteiger partial charge in [-0.1, -0.05) is 17.3 Å². The van der Waals surface area contributed by atoms with Gasteiger partial charge in [0, 0.05) is 0 Å². The fourth-order valence-electron chi connectivity index (χ4n) is 1.55. The van der Waals surface area contributed by atoms with Crippen LogP contribution in [0.2, 0.25) is 0 Å². The monoisotopic (exact) mass is 247 g/mol. The van der Waals surface area contributed by atoms with Crippen LogP contribution in [0.25, 0.3) is 0 Å². The summed E-state index contributed by atoms with van der Waals surface area (Å²) in [5.74, 6) is 1.88. The number of hydrogen-bond acceptors (Lipinski definition) is 5. The fraction of sp³-hybridized carbons (Fsp3) is 0.385. The van der Waals surface area contributed by atoms with E-state index < -0.39 is 5.54 Å². The van der Waals surface area contributed by atoms with Crippen LogP contribution in [0.15, 0.2) is 28.8 Å². The summed E-state index contributed by atoms with van der Waals surface area (Å²) >= 11 is 0. The molecule has 2 N–H and O–H groups in total. The van der Waals surface area contributed by atoms with Crippen molar-refractivity contribution >= 4 is 0 Å². The summed E-state index contributed by atoms with van der Waals surface area (Å²) in [6, 6.07) is 7.75. The predicted molar refractivity (Wildman–Crippen MR) is 67.3 cm³/mol. The second-order valence-electron chi connectivity index (χ2n) is 4.76. The molecule has 2 aromatic rings. The molecule has 1 aromatic heterocycles. The molecule has 0 fully saturated rings. The molecule has 1 aromatic carbocycles. The number of ether oxygens (including phenoxy) is 1. The lowest BCUT2D eigenvalue weighted by atomic mass is 10.1. The Morgan fingerprint density at radius 3 is 2.78 bits per heavy atom. The molecule has 0 atom stereocenters. The van der Waals surface area contributed by atoms with Crippen molar-refractivity contribution in [2.75, 3.05) is 7.11 Å². The van der Waals surface area contributed by atoms with Gasteiger partial charge in [-0.2, -0.15) is 4.98 Å². The molecule has 0 aliphatic rings. The van der Waals surface area contributed by atoms with Crippen LogP contribution in [0.3, 0.4) is 0 Å². The van der Waals surface area contributed by atoms with Gasteiger partial charge in [0.25, 0.3) is 0 Å². The number of nitrogens with two attached hydrogens (primary N) is 1. The zero-order valence-electron chi connectivity index (χ0n) is 10.8. The molecular formula is C13H17N3O2. The zero-order valence-corrected chi connectivity index (χ0v) is 10.8. The summed E-state index contributed by atoms with van der Waals surface area (Å²) in [7, 11) is 1.64. The van der Waals surface area contributed by atoms with Gasteiger partial charge in [-0.3, -0.25) is 0 Å². The minimum atomic E-state index is -0.587. The summed E-state index contributed by atoms with van der Waals surface area (Å²) in [5, 5.41) is 3.88. The van der Waals surface area contributed by atoms with Gasteiger partial charge in [0.05, 0.1) is 19.1 Å². The van der Waals surface area contributed by atoms with E-state index in [2.05, 4.69) is 10.1 Å². The average molecular weight is 247 g/mol. The van der Waals surface area contributed by atoms with Gasteiger partial charge in [-0.25, -0.2) is 0 Å². The van der Waals surface area contributed by atoms with Crippen molar-refractivity contribution < 1.29 is 9.26 Å². The van der Waals surface area contributed by atoms with E-state index in [1.54, 1.807) is 7.11 Å². The Kier molecular flexibility index (Phi) is 3.34. The highest BCUT2D eigenvalue weighted by atomic mass is 16.5. The van der Waals surface area contributed by atoms with Crippen molar-refractivity contribution in [3.05, 3.63) is 41.5 Å². The van der Waals surface area contributed by atoms with Crippen molar-refractivity contribution in [2.24, 2.45) is 5.73 Å². The Hall–Kier alpha value is -1.88. The smallest absolute Gasteiger partial charge is 0.231 e. The van der Waals surface area contributed by atoms with Gasteiger partial charge in [0.1, 0.15) is 5.75 Å². The Morgan fingerprint density at radius 2 is 2.17 bits per heavy atom. The highest BCUT2D eigenvalue weighted by Crippen LogP contribution is 2.17. The molecule has 0 saturated carbocycles. The fourth-order valence-corrected chi connectivity index (χ4v) is 1.55. The van der Waals surface area contributed by atoms with Gasteiger partial charge >= 0.3 is 0 Å². The largest absolute Gasteiger partial charge is 0.497 e. The van der Waals surface area contributed by atoms with Crippen LogP contribution in [0.1, 0.15) is 31.1 Å². The molecule has 2 rings (SSSR count). The first-order valence-electron chi connectivity index (χ1n) is 5.74. The topological polar surface area (TPSA) is 74.2 Å². The Balaban J connectivity index is 2.16. The summed E-state index contributed by atoms with van der Waals surface area (Å²) in [6.45, 7) is 3.68. The van der Waals surface area contributed by atoms with Gasteiger partial charge in [-0.15, -0.1) is 0 Å². The number of benzene rings is 1. The molecule has 5 heteroatoms. The van der Waals surface area contributed by atoms with Gasteiger partial charge in [-0.05, 0) is 31.5 Å². The van der Waals surface area contributed by atoms with E-state index in [1.165, 1.54) is 0 Å². The normalized spacial score (nSPS) is 11.6. The zero-order chi connectivity index (χ0) is 13.2. The first kappa shape index (κ1) is 12.6. The van der Waals surface area contributed by atoms with Crippen LogP contribution in [-0.4, -0.2) is 17.3 Å². The van der Waals surface area contributed by atoms with Gasteiger partial charge in [0.15, 0.2) is 5.82 Å². The number of hydrogen-bond donors (Lipinski definition) is 1. The molecule has 1 heterocycles. The van der Waals surface area contributed by atoms with Crippen LogP contribution in [0.4, 0.5) is 0 Å². The second kappa shape index (κ2) is 4.78. The highest BCUT2D eigenvalue weighted by Gasteiger charge is 2.21. The lowest BCUT2D eigenvalue weighted by Crippen LogP contribution is -2.30. The van der Waals surface area contributed by atoms with Crippen molar-refractivity contribution in [3.8, 4) is 5.75 Å². The molecule has 18 heavy (non-hydrogen) atoms. The highest BCUT2D eigenvalue weighted by molar-refractivity contribution is 5.29. The minimum Gasteiger partial charge on any atom is -0.497 e. The molecule has 96 valence electrons. The lowest BCUT2D eigenvalue weighted by molar-refractivity contribution is 0.365. The van der Waals surface area contributed by atoms with Crippen molar-refractivity contribution in [1.82, 2.24) is 10.1 Å². The molecule has 0 saturated heterocycles. The SMILES string of the molecule is COc1cccc(Cc2nc(C(C)(C)N)no2)c1. The standard InChI is InChI=1S/C13H17N3O2/c1-13(2,14)12-15-11(18-16-12)8-9-5-4-6-10(7-9)17-3/h4-7H,8,14H2,1-3H3. The third kappa shape index (κ3) is 2.87. The van der Waals surface area contributed by atoms with Crippen molar-refractivity contribution in [2.45, 2.75) is 25.8 Å². The summed E-state index contributed by atoms with van der Waals surface area (Å²) in [6.07, 6.45) is 0.570. The average Bonchev–Trinajstić information content (AvgIpc) is 2.77. The van der Waals surface area contributed by atoms with E-state index in [-0.39, 0.29) is 0 Å². The number of aromatic nitrogens is 2. The lowest BCUT2D eigenvalue weighted by Gasteiger charge is -2.11. The first-order valence-corrected chi connectivity index (χ1v) is 5.74. The van der Waals surface area contributed by atoms with E-state index in [4.69, 9.17) is 15.0 Å². The van der Waals surface area contributed by atoms with Crippen LogP contribution in [0, 0.1) is 0 Å². The van der Waals surface area contributed by atoms with Gasteiger partial charge in [0.2, 0.25) is 5.89 Å². The third-order valence-electron chi connectivity index (χ3n) is 2.53.